The molecule has 0 saturated carbocycles. The molecular weight excluding hydrogens is 319 g/mol. The van der Waals surface area contributed by atoms with Crippen molar-refractivity contribution < 1.29 is 17.6 Å². The maximum Gasteiger partial charge on any atom is 0.241 e. The number of halogens is 1. The molecule has 0 saturated heterocycles. The number of carbonyl (C=O) groups is 1. The lowest BCUT2D eigenvalue weighted by atomic mass is 10.2. The number of nitrogens with one attached hydrogen (secondary N) is 2. The minimum absolute atomic E-state index is 0.115. The third-order valence-corrected chi connectivity index (χ3v) is 4.52. The number of rotatable bonds is 6. The topological polar surface area (TPSA) is 75.3 Å². The Labute approximate surface area is 134 Å². The van der Waals surface area contributed by atoms with E-state index in [1.807, 2.05) is 0 Å². The Morgan fingerprint density at radius 2 is 1.83 bits per heavy atom. The molecule has 0 aliphatic rings. The normalized spacial score (nSPS) is 11.2. The molecule has 0 aliphatic heterocycles. The summed E-state index contributed by atoms with van der Waals surface area (Å²) < 4.78 is 39.1. The quantitative estimate of drug-likeness (QED) is 0.843. The zero-order chi connectivity index (χ0) is 16.9. The second kappa shape index (κ2) is 7.34. The first-order valence-corrected chi connectivity index (χ1v) is 8.42. The molecule has 5 nitrogen and oxygen atoms in total. The molecule has 0 heterocycles. The Balaban J connectivity index is 1.87. The highest BCUT2D eigenvalue weighted by molar-refractivity contribution is 7.89. The van der Waals surface area contributed by atoms with E-state index in [-0.39, 0.29) is 23.8 Å². The van der Waals surface area contributed by atoms with Crippen LogP contribution in [0, 0.1) is 12.7 Å². The fourth-order valence-corrected chi connectivity index (χ4v) is 2.98. The zero-order valence-electron chi connectivity index (χ0n) is 12.5. The SMILES string of the molecule is Cc1cccc(S(=O)(=O)NCC(=O)NCc2ccc(F)cc2)c1. The van der Waals surface area contributed by atoms with Crippen molar-refractivity contribution in [1.29, 1.82) is 0 Å². The van der Waals surface area contributed by atoms with Crippen molar-refractivity contribution in [2.75, 3.05) is 6.54 Å². The van der Waals surface area contributed by atoms with Crippen molar-refractivity contribution in [2.24, 2.45) is 0 Å². The Bertz CT molecular complexity index is 789. The van der Waals surface area contributed by atoms with Gasteiger partial charge in [0.05, 0.1) is 11.4 Å². The van der Waals surface area contributed by atoms with E-state index >= 15 is 0 Å². The summed E-state index contributed by atoms with van der Waals surface area (Å²) in [5.74, 6) is -0.823. The lowest BCUT2D eigenvalue weighted by Gasteiger charge is -2.08. The molecule has 23 heavy (non-hydrogen) atoms. The van der Waals surface area contributed by atoms with Gasteiger partial charge in [0.15, 0.2) is 0 Å². The molecule has 7 heteroatoms. The molecule has 0 fully saturated rings. The first-order chi connectivity index (χ1) is 10.9. The van der Waals surface area contributed by atoms with Crippen LogP contribution in [0.25, 0.3) is 0 Å². The molecule has 0 radical (unpaired) electrons. The summed E-state index contributed by atoms with van der Waals surface area (Å²) in [4.78, 5) is 11.8. The van der Waals surface area contributed by atoms with Crippen molar-refractivity contribution >= 4 is 15.9 Å². The van der Waals surface area contributed by atoms with Crippen LogP contribution in [0.15, 0.2) is 53.4 Å². The number of aryl methyl sites for hydroxylation is 1. The number of hydrogen-bond donors (Lipinski definition) is 2. The van der Waals surface area contributed by atoms with Crippen LogP contribution in [0.4, 0.5) is 4.39 Å². The van der Waals surface area contributed by atoms with E-state index in [1.165, 1.54) is 24.3 Å². The van der Waals surface area contributed by atoms with Crippen LogP contribution in [-0.4, -0.2) is 20.9 Å². The van der Waals surface area contributed by atoms with E-state index in [9.17, 15) is 17.6 Å². The molecule has 1 amide bonds. The van der Waals surface area contributed by atoms with Crippen LogP contribution in [0.3, 0.4) is 0 Å². The Morgan fingerprint density at radius 3 is 2.48 bits per heavy atom. The average Bonchev–Trinajstić information content (AvgIpc) is 2.52. The fraction of sp³-hybridized carbons (Fsp3) is 0.188. The van der Waals surface area contributed by atoms with Crippen LogP contribution >= 0.6 is 0 Å². The number of carbonyl (C=O) groups excluding carboxylic acids is 1. The van der Waals surface area contributed by atoms with Gasteiger partial charge >= 0.3 is 0 Å². The maximum atomic E-state index is 12.8. The molecule has 0 bridgehead atoms. The molecule has 122 valence electrons. The zero-order valence-corrected chi connectivity index (χ0v) is 13.4. The van der Waals surface area contributed by atoms with E-state index in [4.69, 9.17) is 0 Å². The van der Waals surface area contributed by atoms with E-state index in [0.717, 1.165) is 11.1 Å². The number of benzene rings is 2. The largest absolute Gasteiger partial charge is 0.351 e. The second-order valence-electron chi connectivity index (χ2n) is 5.04. The van der Waals surface area contributed by atoms with Gasteiger partial charge in [0.2, 0.25) is 15.9 Å². The molecule has 2 rings (SSSR count). The summed E-state index contributed by atoms with van der Waals surface area (Å²) >= 11 is 0. The van der Waals surface area contributed by atoms with Crippen LogP contribution in [0.1, 0.15) is 11.1 Å². The standard InChI is InChI=1S/C16H17FN2O3S/c1-12-3-2-4-15(9-12)23(21,22)19-11-16(20)18-10-13-5-7-14(17)8-6-13/h2-9,19H,10-11H2,1H3,(H,18,20). The molecule has 0 unspecified atom stereocenters. The lowest BCUT2D eigenvalue weighted by molar-refractivity contribution is -0.120. The second-order valence-corrected chi connectivity index (χ2v) is 6.81. The molecule has 0 aliphatic carbocycles. The van der Waals surface area contributed by atoms with Gasteiger partial charge in [-0.05, 0) is 42.3 Å². The van der Waals surface area contributed by atoms with Gasteiger partial charge in [0.1, 0.15) is 5.82 Å². The predicted molar refractivity (Wildman–Crippen MR) is 84.6 cm³/mol. The summed E-state index contributed by atoms with van der Waals surface area (Å²) in [5, 5.41) is 2.57. The van der Waals surface area contributed by atoms with Crippen molar-refractivity contribution in [2.45, 2.75) is 18.4 Å². The molecule has 0 atom stereocenters. The summed E-state index contributed by atoms with van der Waals surface area (Å²) in [5.41, 5.74) is 1.54. The van der Waals surface area contributed by atoms with Gasteiger partial charge in [-0.15, -0.1) is 0 Å². The Morgan fingerprint density at radius 1 is 1.13 bits per heavy atom. The number of amides is 1. The molecule has 0 aromatic heterocycles. The average molecular weight is 336 g/mol. The van der Waals surface area contributed by atoms with E-state index < -0.39 is 15.9 Å². The van der Waals surface area contributed by atoms with Gasteiger partial charge in [-0.1, -0.05) is 24.3 Å². The van der Waals surface area contributed by atoms with Gasteiger partial charge in [-0.3, -0.25) is 4.79 Å². The summed E-state index contributed by atoms with van der Waals surface area (Å²) in [6, 6.07) is 12.1. The number of hydrogen-bond acceptors (Lipinski definition) is 3. The molecule has 2 aromatic rings. The lowest BCUT2D eigenvalue weighted by Crippen LogP contribution is -2.36. The van der Waals surface area contributed by atoms with Crippen molar-refractivity contribution in [3.63, 3.8) is 0 Å². The summed E-state index contributed by atoms with van der Waals surface area (Å²) in [7, 11) is -3.73. The Hall–Kier alpha value is -2.25. The highest BCUT2D eigenvalue weighted by atomic mass is 32.2. The smallest absolute Gasteiger partial charge is 0.241 e. The van der Waals surface area contributed by atoms with Crippen molar-refractivity contribution in [3.8, 4) is 0 Å². The van der Waals surface area contributed by atoms with Gasteiger partial charge in [-0.25, -0.2) is 17.5 Å². The maximum absolute atomic E-state index is 12.8. The first kappa shape index (κ1) is 17.1. The van der Waals surface area contributed by atoms with Crippen LogP contribution < -0.4 is 10.0 Å². The van der Waals surface area contributed by atoms with E-state index in [1.54, 1.807) is 31.2 Å². The predicted octanol–water partition coefficient (Wildman–Crippen LogP) is 1.73. The van der Waals surface area contributed by atoms with E-state index in [0.29, 0.717) is 0 Å². The van der Waals surface area contributed by atoms with Crippen LogP contribution in [0.2, 0.25) is 0 Å². The number of sulfonamides is 1. The summed E-state index contributed by atoms with van der Waals surface area (Å²) in [6.45, 7) is 1.62. The van der Waals surface area contributed by atoms with E-state index in [2.05, 4.69) is 10.0 Å². The van der Waals surface area contributed by atoms with Gasteiger partial charge in [0.25, 0.3) is 0 Å². The third-order valence-electron chi connectivity index (χ3n) is 3.13. The van der Waals surface area contributed by atoms with Gasteiger partial charge in [0, 0.05) is 6.54 Å². The molecule has 0 spiro atoms. The van der Waals surface area contributed by atoms with Gasteiger partial charge < -0.3 is 5.32 Å². The fourth-order valence-electron chi connectivity index (χ4n) is 1.89. The van der Waals surface area contributed by atoms with Crippen LogP contribution in [-0.2, 0) is 21.4 Å². The molecule has 2 aromatic carbocycles. The van der Waals surface area contributed by atoms with Crippen molar-refractivity contribution in [1.82, 2.24) is 10.0 Å². The molecule has 2 N–H and O–H groups in total. The minimum Gasteiger partial charge on any atom is -0.351 e. The highest BCUT2D eigenvalue weighted by Crippen LogP contribution is 2.10. The summed E-state index contributed by atoms with van der Waals surface area (Å²) in [6.07, 6.45) is 0. The first-order valence-electron chi connectivity index (χ1n) is 6.94. The third kappa shape index (κ3) is 5.15. The highest BCUT2D eigenvalue weighted by Gasteiger charge is 2.15. The van der Waals surface area contributed by atoms with Gasteiger partial charge in [-0.2, -0.15) is 0 Å². The minimum atomic E-state index is -3.73. The van der Waals surface area contributed by atoms with Crippen molar-refractivity contribution in [3.05, 3.63) is 65.5 Å². The van der Waals surface area contributed by atoms with Crippen LogP contribution in [0.5, 0.6) is 0 Å². The monoisotopic (exact) mass is 336 g/mol. The Kier molecular flexibility index (Phi) is 5.46. The molecular formula is C16H17FN2O3S.